The largest absolute Gasteiger partial charge is 0.493 e. The van der Waals surface area contributed by atoms with Crippen LogP contribution in [0.5, 0.6) is 11.5 Å². The number of amides is 2. The highest BCUT2D eigenvalue weighted by atomic mass is 16.5. The number of carbonyl (C=O) groups is 2. The molecule has 0 saturated carbocycles. The van der Waals surface area contributed by atoms with E-state index in [0.717, 1.165) is 5.56 Å². The second kappa shape index (κ2) is 9.58. The van der Waals surface area contributed by atoms with Crippen LogP contribution >= 0.6 is 0 Å². The maximum atomic E-state index is 12.9. The fourth-order valence-electron chi connectivity index (χ4n) is 3.95. The molecule has 1 saturated heterocycles. The molecule has 1 aromatic carbocycles. The van der Waals surface area contributed by atoms with Gasteiger partial charge in [0.05, 0.1) is 19.8 Å². The molecule has 0 radical (unpaired) electrons. The Bertz CT molecular complexity index is 890. The zero-order valence-corrected chi connectivity index (χ0v) is 17.6. The molecule has 1 aliphatic rings. The van der Waals surface area contributed by atoms with Crippen LogP contribution < -0.4 is 15.2 Å². The van der Waals surface area contributed by atoms with Gasteiger partial charge in [0, 0.05) is 50.5 Å². The summed E-state index contributed by atoms with van der Waals surface area (Å²) < 4.78 is 10.8. The number of piperazine rings is 1. The van der Waals surface area contributed by atoms with Crippen molar-refractivity contribution >= 4 is 11.8 Å². The van der Waals surface area contributed by atoms with E-state index in [1.54, 1.807) is 43.6 Å². The maximum Gasteiger partial charge on any atom is 0.255 e. The quantitative estimate of drug-likeness (QED) is 0.745. The molecule has 2 atom stereocenters. The molecule has 0 bridgehead atoms. The molecule has 8 heteroatoms. The number of benzene rings is 1. The summed E-state index contributed by atoms with van der Waals surface area (Å²) in [5, 5.41) is 0. The maximum absolute atomic E-state index is 12.9. The van der Waals surface area contributed by atoms with Crippen LogP contribution in [0.4, 0.5) is 0 Å². The van der Waals surface area contributed by atoms with Crippen LogP contribution in [0.3, 0.4) is 0 Å². The van der Waals surface area contributed by atoms with Gasteiger partial charge in [-0.3, -0.25) is 19.5 Å². The second-order valence-corrected chi connectivity index (χ2v) is 7.35. The van der Waals surface area contributed by atoms with E-state index in [-0.39, 0.29) is 30.3 Å². The van der Waals surface area contributed by atoms with E-state index >= 15 is 0 Å². The van der Waals surface area contributed by atoms with Gasteiger partial charge in [0.25, 0.3) is 5.91 Å². The van der Waals surface area contributed by atoms with Gasteiger partial charge in [0.1, 0.15) is 0 Å². The van der Waals surface area contributed by atoms with Gasteiger partial charge in [-0.15, -0.1) is 0 Å². The Morgan fingerprint density at radius 3 is 2.60 bits per heavy atom. The number of nitrogens with zero attached hydrogens (tertiary/aromatic N) is 3. The molecule has 0 aliphatic carbocycles. The molecule has 1 aromatic heterocycles. The minimum Gasteiger partial charge on any atom is -0.493 e. The summed E-state index contributed by atoms with van der Waals surface area (Å²) >= 11 is 0. The van der Waals surface area contributed by atoms with Crippen molar-refractivity contribution < 1.29 is 19.1 Å². The zero-order chi connectivity index (χ0) is 21.7. The molecular weight excluding hydrogens is 384 g/mol. The summed E-state index contributed by atoms with van der Waals surface area (Å²) in [5.41, 5.74) is 7.10. The number of methoxy groups -OCH3 is 2. The number of hydrogen-bond donors (Lipinski definition) is 1. The average Bonchev–Trinajstić information content (AvgIpc) is 2.77. The third-order valence-corrected chi connectivity index (χ3v) is 5.55. The highest BCUT2D eigenvalue weighted by molar-refractivity contribution is 5.94. The van der Waals surface area contributed by atoms with Gasteiger partial charge >= 0.3 is 0 Å². The minimum absolute atomic E-state index is 0.00444. The van der Waals surface area contributed by atoms with Crippen molar-refractivity contribution in [2.45, 2.75) is 25.4 Å². The highest BCUT2D eigenvalue weighted by Gasteiger charge is 2.34. The fraction of sp³-hybridized carbons (Fsp3) is 0.409. The first-order valence-electron chi connectivity index (χ1n) is 9.89. The molecule has 1 aliphatic heterocycles. The van der Waals surface area contributed by atoms with Crippen molar-refractivity contribution in [2.75, 3.05) is 33.9 Å². The van der Waals surface area contributed by atoms with Crippen LogP contribution in [0.15, 0.2) is 42.7 Å². The molecule has 2 aromatic rings. The second-order valence-electron chi connectivity index (χ2n) is 7.35. The van der Waals surface area contributed by atoms with Gasteiger partial charge in [0.15, 0.2) is 11.5 Å². The molecule has 30 heavy (non-hydrogen) atoms. The summed E-state index contributed by atoms with van der Waals surface area (Å²) in [4.78, 5) is 32.6. The van der Waals surface area contributed by atoms with Gasteiger partial charge in [-0.1, -0.05) is 6.07 Å². The molecule has 8 nitrogen and oxygen atoms in total. The number of nitrogens with two attached hydrogens (primary N) is 1. The number of ether oxygens (including phenoxy) is 2. The van der Waals surface area contributed by atoms with E-state index in [0.29, 0.717) is 36.7 Å². The van der Waals surface area contributed by atoms with Gasteiger partial charge in [-0.25, -0.2) is 0 Å². The Hall–Kier alpha value is -3.13. The van der Waals surface area contributed by atoms with Crippen LogP contribution in [0.25, 0.3) is 0 Å². The summed E-state index contributed by atoms with van der Waals surface area (Å²) in [6.07, 6.45) is 3.37. The van der Waals surface area contributed by atoms with Crippen molar-refractivity contribution in [3.8, 4) is 11.5 Å². The average molecular weight is 412 g/mol. The van der Waals surface area contributed by atoms with E-state index < -0.39 is 0 Å². The zero-order valence-electron chi connectivity index (χ0n) is 17.6. The smallest absolute Gasteiger partial charge is 0.255 e. The lowest BCUT2D eigenvalue weighted by Gasteiger charge is -2.44. The van der Waals surface area contributed by atoms with E-state index in [4.69, 9.17) is 15.2 Å². The molecular formula is C22H28N4O4. The predicted octanol–water partition coefficient (Wildman–Crippen LogP) is 1.86. The fourth-order valence-corrected chi connectivity index (χ4v) is 3.95. The van der Waals surface area contributed by atoms with Crippen molar-refractivity contribution in [1.82, 2.24) is 14.8 Å². The molecule has 2 N–H and O–H groups in total. The Morgan fingerprint density at radius 2 is 1.97 bits per heavy atom. The molecule has 160 valence electrons. The number of carbonyl (C=O) groups excluding carboxylic acids is 2. The SMILES string of the molecule is COc1ccc(C(C)N2CCN(C(=O)c3cccnc3)CC2CC(N)=O)cc1OC. The number of hydrogen-bond acceptors (Lipinski definition) is 6. The number of rotatable bonds is 7. The highest BCUT2D eigenvalue weighted by Crippen LogP contribution is 2.33. The van der Waals surface area contributed by atoms with Crippen LogP contribution in [0, 0.1) is 0 Å². The lowest BCUT2D eigenvalue weighted by atomic mass is 9.99. The van der Waals surface area contributed by atoms with Crippen LogP contribution in [0.1, 0.15) is 35.3 Å². The number of primary amides is 1. The molecule has 3 rings (SSSR count). The number of pyridine rings is 1. The Labute approximate surface area is 176 Å². The van der Waals surface area contributed by atoms with Gasteiger partial charge in [0.2, 0.25) is 5.91 Å². The van der Waals surface area contributed by atoms with Gasteiger partial charge < -0.3 is 20.1 Å². The topological polar surface area (TPSA) is 98.0 Å². The molecule has 1 fully saturated rings. The van der Waals surface area contributed by atoms with E-state index in [1.165, 1.54) is 0 Å². The van der Waals surface area contributed by atoms with E-state index in [9.17, 15) is 9.59 Å². The van der Waals surface area contributed by atoms with Gasteiger partial charge in [-0.2, -0.15) is 0 Å². The molecule has 2 amide bonds. The van der Waals surface area contributed by atoms with E-state index in [1.807, 2.05) is 18.2 Å². The van der Waals surface area contributed by atoms with Crippen molar-refractivity contribution in [2.24, 2.45) is 5.73 Å². The molecule has 2 heterocycles. The van der Waals surface area contributed by atoms with Gasteiger partial charge in [-0.05, 0) is 36.8 Å². The third kappa shape index (κ3) is 4.71. The predicted molar refractivity (Wildman–Crippen MR) is 112 cm³/mol. The third-order valence-electron chi connectivity index (χ3n) is 5.55. The Balaban J connectivity index is 1.80. The lowest BCUT2D eigenvalue weighted by Crippen LogP contribution is -2.56. The summed E-state index contributed by atoms with van der Waals surface area (Å²) in [6.45, 7) is 3.68. The van der Waals surface area contributed by atoms with Crippen molar-refractivity contribution in [3.05, 3.63) is 53.9 Å². The summed E-state index contributed by atoms with van der Waals surface area (Å²) in [5.74, 6) is 0.837. The van der Waals surface area contributed by atoms with Crippen molar-refractivity contribution in [1.29, 1.82) is 0 Å². The Morgan fingerprint density at radius 1 is 1.20 bits per heavy atom. The summed E-state index contributed by atoms with van der Waals surface area (Å²) in [7, 11) is 3.20. The first kappa shape index (κ1) is 21.6. The first-order chi connectivity index (χ1) is 14.4. The minimum atomic E-state index is -0.389. The monoisotopic (exact) mass is 412 g/mol. The van der Waals surface area contributed by atoms with Crippen LogP contribution in [0.2, 0.25) is 0 Å². The molecule has 0 spiro atoms. The standard InChI is InChI=1S/C22H28N4O4/c1-15(16-6-7-19(29-2)20(11-16)30-3)26-10-9-25(14-18(26)12-21(23)27)22(28)17-5-4-8-24-13-17/h4-8,11,13,15,18H,9-10,12,14H2,1-3H3,(H2,23,27). The lowest BCUT2D eigenvalue weighted by molar-refractivity contribution is -0.120. The van der Waals surface area contributed by atoms with E-state index in [2.05, 4.69) is 16.8 Å². The first-order valence-corrected chi connectivity index (χ1v) is 9.89. The van der Waals surface area contributed by atoms with Crippen LogP contribution in [-0.2, 0) is 4.79 Å². The normalized spacial score (nSPS) is 18.0. The van der Waals surface area contributed by atoms with Crippen molar-refractivity contribution in [3.63, 3.8) is 0 Å². The molecule has 2 unspecified atom stereocenters. The Kier molecular flexibility index (Phi) is 6.89. The summed E-state index contributed by atoms with van der Waals surface area (Å²) in [6, 6.07) is 9.11. The number of aromatic nitrogens is 1. The van der Waals surface area contributed by atoms with Crippen LogP contribution in [-0.4, -0.2) is 66.5 Å².